The van der Waals surface area contributed by atoms with Crippen LogP contribution in [0.25, 0.3) is 11.0 Å². The van der Waals surface area contributed by atoms with Gasteiger partial charge in [-0.25, -0.2) is 4.79 Å². The van der Waals surface area contributed by atoms with E-state index in [4.69, 9.17) is 9.15 Å². The zero-order valence-corrected chi connectivity index (χ0v) is 18.2. The third kappa shape index (κ3) is 3.62. The summed E-state index contributed by atoms with van der Waals surface area (Å²) in [5.74, 6) is -0.996. The molecule has 0 bridgehead atoms. The van der Waals surface area contributed by atoms with Gasteiger partial charge in [-0.1, -0.05) is 24.3 Å². The first kappa shape index (κ1) is 20.8. The molecule has 0 spiro atoms. The van der Waals surface area contributed by atoms with E-state index in [0.29, 0.717) is 16.7 Å². The number of sulfonamides is 1. The van der Waals surface area contributed by atoms with Crippen molar-refractivity contribution in [2.24, 2.45) is 0 Å². The topological polar surface area (TPSA) is 93.9 Å². The van der Waals surface area contributed by atoms with E-state index in [9.17, 15) is 18.0 Å². The number of rotatable bonds is 5. The Morgan fingerprint density at radius 2 is 1.77 bits per heavy atom. The molecule has 0 saturated heterocycles. The second-order valence-electron chi connectivity index (χ2n) is 6.58. The molecule has 4 aromatic rings. The molecule has 0 atom stereocenters. The number of carbonyl (C=O) groups excluding carboxylic acids is 2. The summed E-state index contributed by atoms with van der Waals surface area (Å²) < 4.78 is 38.1. The zero-order chi connectivity index (χ0) is 22.2. The highest BCUT2D eigenvalue weighted by Crippen LogP contribution is 2.34. The summed E-state index contributed by atoms with van der Waals surface area (Å²) in [6.45, 7) is 1.61. The quantitative estimate of drug-likeness (QED) is 0.408. The first-order valence-electron chi connectivity index (χ1n) is 9.14. The van der Waals surface area contributed by atoms with Gasteiger partial charge in [0.2, 0.25) is 0 Å². The van der Waals surface area contributed by atoms with Crippen molar-refractivity contribution in [3.63, 3.8) is 0 Å². The zero-order valence-electron chi connectivity index (χ0n) is 16.6. The third-order valence-electron chi connectivity index (χ3n) is 4.67. The van der Waals surface area contributed by atoms with Crippen LogP contribution in [0.1, 0.15) is 26.5 Å². The van der Waals surface area contributed by atoms with E-state index < -0.39 is 21.9 Å². The van der Waals surface area contributed by atoms with Gasteiger partial charge in [0.15, 0.2) is 0 Å². The van der Waals surface area contributed by atoms with Crippen LogP contribution in [0.2, 0.25) is 0 Å². The molecule has 4 rings (SSSR count). The van der Waals surface area contributed by atoms with Crippen molar-refractivity contribution in [2.75, 3.05) is 11.4 Å². The van der Waals surface area contributed by atoms with Crippen LogP contribution in [0.5, 0.6) is 0 Å². The fourth-order valence-electron chi connectivity index (χ4n) is 3.25. The minimum absolute atomic E-state index is 0.0217. The Kier molecular flexibility index (Phi) is 5.38. The molecule has 0 aliphatic rings. The number of ether oxygens (including phenoxy) is 1. The summed E-state index contributed by atoms with van der Waals surface area (Å²) in [4.78, 5) is 25.6. The van der Waals surface area contributed by atoms with Crippen LogP contribution < -0.4 is 4.31 Å². The second kappa shape index (κ2) is 8.01. The molecule has 2 heterocycles. The molecule has 0 radical (unpaired) electrons. The average molecular weight is 456 g/mol. The van der Waals surface area contributed by atoms with E-state index >= 15 is 0 Å². The van der Waals surface area contributed by atoms with Crippen LogP contribution in [0.4, 0.5) is 5.69 Å². The number of hydrogen-bond acceptors (Lipinski definition) is 7. The van der Waals surface area contributed by atoms with Gasteiger partial charge in [-0.05, 0) is 48.7 Å². The van der Waals surface area contributed by atoms with Crippen molar-refractivity contribution in [1.82, 2.24) is 0 Å². The molecule has 158 valence electrons. The third-order valence-corrected chi connectivity index (χ3v) is 7.75. The molecule has 2 aromatic carbocycles. The van der Waals surface area contributed by atoms with Gasteiger partial charge in [0.1, 0.15) is 21.1 Å². The Labute approximate surface area is 182 Å². The lowest BCUT2D eigenvalue weighted by Crippen LogP contribution is -2.36. The first-order chi connectivity index (χ1) is 14.8. The number of fused-ring (bicyclic) bond motifs is 1. The van der Waals surface area contributed by atoms with Crippen molar-refractivity contribution in [3.05, 3.63) is 82.9 Å². The molecule has 0 fully saturated rings. The van der Waals surface area contributed by atoms with Crippen molar-refractivity contribution in [3.8, 4) is 0 Å². The predicted molar refractivity (Wildman–Crippen MR) is 117 cm³/mol. The van der Waals surface area contributed by atoms with E-state index in [1.54, 1.807) is 48.7 Å². The molecule has 31 heavy (non-hydrogen) atoms. The standard InChI is InChI=1S/C22H17NO6S2/c1-14-20(22(25)28-2)17-13-16(10-11-18(17)29-14)23(21(24)15-7-4-3-5-8-15)31(26,27)19-9-6-12-30-19/h3-13H,1-2H3. The Hall–Kier alpha value is -3.43. The summed E-state index contributed by atoms with van der Waals surface area (Å²) in [6.07, 6.45) is 0. The van der Waals surface area contributed by atoms with Gasteiger partial charge >= 0.3 is 5.97 Å². The predicted octanol–water partition coefficient (Wildman–Crippen LogP) is 4.63. The van der Waals surface area contributed by atoms with Crippen molar-refractivity contribution in [2.45, 2.75) is 11.1 Å². The van der Waals surface area contributed by atoms with Crippen LogP contribution in [0.15, 0.2) is 74.7 Å². The number of furan rings is 1. The Bertz CT molecular complexity index is 1370. The number of benzene rings is 2. The maximum atomic E-state index is 13.4. The van der Waals surface area contributed by atoms with Crippen molar-refractivity contribution in [1.29, 1.82) is 0 Å². The Morgan fingerprint density at radius 3 is 2.42 bits per heavy atom. The number of esters is 1. The van der Waals surface area contributed by atoms with Gasteiger partial charge in [0.05, 0.1) is 12.8 Å². The SMILES string of the molecule is COC(=O)c1c(C)oc2ccc(N(C(=O)c3ccccc3)S(=O)(=O)c3cccs3)cc12. The van der Waals surface area contributed by atoms with Gasteiger partial charge in [-0.15, -0.1) is 11.3 Å². The minimum Gasteiger partial charge on any atom is -0.465 e. The maximum Gasteiger partial charge on any atom is 0.342 e. The molecule has 2 aromatic heterocycles. The largest absolute Gasteiger partial charge is 0.465 e. The number of carbonyl (C=O) groups is 2. The fourth-order valence-corrected chi connectivity index (χ4v) is 5.72. The molecule has 0 saturated carbocycles. The second-order valence-corrected chi connectivity index (χ2v) is 9.54. The summed E-state index contributed by atoms with van der Waals surface area (Å²) in [5.41, 5.74) is 0.849. The monoisotopic (exact) mass is 455 g/mol. The van der Waals surface area contributed by atoms with Crippen molar-refractivity contribution >= 4 is 49.9 Å². The lowest BCUT2D eigenvalue weighted by atomic mass is 10.1. The lowest BCUT2D eigenvalue weighted by molar-refractivity contribution is 0.0600. The minimum atomic E-state index is -4.20. The van der Waals surface area contributed by atoms with Crippen LogP contribution >= 0.6 is 11.3 Å². The van der Waals surface area contributed by atoms with Gasteiger partial charge < -0.3 is 9.15 Å². The molecule has 7 nitrogen and oxygen atoms in total. The highest BCUT2D eigenvalue weighted by Gasteiger charge is 2.33. The van der Waals surface area contributed by atoms with Gasteiger partial charge in [0.25, 0.3) is 15.9 Å². The Balaban J connectivity index is 1.95. The highest BCUT2D eigenvalue weighted by molar-refractivity contribution is 7.95. The summed E-state index contributed by atoms with van der Waals surface area (Å²) in [5, 5.41) is 1.98. The number of methoxy groups -OCH3 is 1. The molecule has 0 N–H and O–H groups in total. The van der Waals surface area contributed by atoms with E-state index in [1.807, 2.05) is 0 Å². The van der Waals surface area contributed by atoms with E-state index in [2.05, 4.69) is 0 Å². The fraction of sp³-hybridized carbons (Fsp3) is 0.0909. The van der Waals surface area contributed by atoms with E-state index in [-0.39, 0.29) is 21.0 Å². The molecule has 0 aliphatic heterocycles. The maximum absolute atomic E-state index is 13.4. The average Bonchev–Trinajstić information content (AvgIpc) is 3.41. The molecule has 1 amide bonds. The van der Waals surface area contributed by atoms with Gasteiger partial charge in [-0.3, -0.25) is 4.79 Å². The van der Waals surface area contributed by atoms with Gasteiger partial charge in [0, 0.05) is 10.9 Å². The normalized spacial score (nSPS) is 11.4. The number of hydrogen-bond donors (Lipinski definition) is 0. The van der Waals surface area contributed by atoms with Crippen LogP contribution in [-0.2, 0) is 14.8 Å². The van der Waals surface area contributed by atoms with Gasteiger partial charge in [-0.2, -0.15) is 12.7 Å². The number of anilines is 1. The van der Waals surface area contributed by atoms with E-state index in [0.717, 1.165) is 15.6 Å². The van der Waals surface area contributed by atoms with E-state index in [1.165, 1.54) is 31.4 Å². The highest BCUT2D eigenvalue weighted by atomic mass is 32.2. The number of thiophene rings is 1. The first-order valence-corrected chi connectivity index (χ1v) is 11.5. The molecular formula is C22H17NO6S2. The summed E-state index contributed by atoms with van der Waals surface area (Å²) >= 11 is 1.01. The number of nitrogens with zero attached hydrogens (tertiary/aromatic N) is 1. The van der Waals surface area contributed by atoms with Crippen LogP contribution in [0, 0.1) is 6.92 Å². The smallest absolute Gasteiger partial charge is 0.342 e. The summed E-state index contributed by atoms with van der Waals surface area (Å²) in [7, 11) is -2.96. The molecule has 0 aliphatic carbocycles. The van der Waals surface area contributed by atoms with Crippen molar-refractivity contribution < 1.29 is 27.2 Å². The number of amides is 1. The Morgan fingerprint density at radius 1 is 1.03 bits per heavy atom. The lowest BCUT2D eigenvalue weighted by Gasteiger charge is -2.22. The van der Waals surface area contributed by atoms with Crippen LogP contribution in [0.3, 0.4) is 0 Å². The summed E-state index contributed by atoms with van der Waals surface area (Å²) in [6, 6.07) is 15.6. The van der Waals surface area contributed by atoms with Crippen LogP contribution in [-0.4, -0.2) is 27.4 Å². The molecule has 9 heteroatoms. The molecule has 0 unspecified atom stereocenters. The number of aryl methyl sites for hydroxylation is 1. The molecular weight excluding hydrogens is 438 g/mol.